The van der Waals surface area contributed by atoms with Gasteiger partial charge in [-0.2, -0.15) is 0 Å². The number of carboxylic acid groups (broad SMARTS) is 1. The number of carbonyl (C=O) groups is 1. The van der Waals surface area contributed by atoms with Crippen molar-refractivity contribution < 1.29 is 9.90 Å². The monoisotopic (exact) mass is 179 g/mol. The summed E-state index contributed by atoms with van der Waals surface area (Å²) in [5.74, 6) is -0.506. The molecule has 0 aromatic carbocycles. The minimum Gasteiger partial charge on any atom is -0.480 e. The van der Waals surface area contributed by atoms with Crippen LogP contribution in [0.3, 0.4) is 0 Å². The summed E-state index contributed by atoms with van der Waals surface area (Å²) in [4.78, 5) is 10.9. The molecule has 2 atom stereocenters. The fourth-order valence-corrected chi connectivity index (χ4v) is 2.18. The van der Waals surface area contributed by atoms with Crippen LogP contribution in [0.25, 0.3) is 0 Å². The predicted molar refractivity (Wildman–Crippen MR) is 49.1 cm³/mol. The maximum Gasteiger partial charge on any atom is 0.324 e. The van der Waals surface area contributed by atoms with E-state index >= 15 is 0 Å². The van der Waals surface area contributed by atoms with E-state index in [0.717, 1.165) is 6.42 Å². The summed E-state index contributed by atoms with van der Waals surface area (Å²) < 4.78 is 0. The first kappa shape index (κ1) is 8.51. The van der Waals surface area contributed by atoms with E-state index in [0.29, 0.717) is 18.8 Å². The number of allylic oxidation sites excluding steroid dienone is 3. The highest BCUT2D eigenvalue weighted by molar-refractivity contribution is 5.80. The van der Waals surface area contributed by atoms with Gasteiger partial charge in [-0.1, -0.05) is 23.8 Å². The van der Waals surface area contributed by atoms with Crippen LogP contribution in [0.5, 0.6) is 0 Å². The molecule has 0 heterocycles. The average Bonchev–Trinajstić information content (AvgIpc) is 2.42. The number of carboxylic acids is 1. The summed E-state index contributed by atoms with van der Waals surface area (Å²) >= 11 is 0. The smallest absolute Gasteiger partial charge is 0.324 e. The molecule has 0 radical (unpaired) electrons. The third kappa shape index (κ3) is 1.29. The highest BCUT2D eigenvalue weighted by Gasteiger charge is 2.44. The van der Waals surface area contributed by atoms with E-state index in [2.05, 4.69) is 6.08 Å². The highest BCUT2D eigenvalue weighted by Crippen LogP contribution is 2.41. The molecule has 0 aromatic rings. The molecule has 13 heavy (non-hydrogen) atoms. The average molecular weight is 179 g/mol. The standard InChI is InChI=1S/C10H13NO2/c11-10(9(12)13)5-7-3-1-2-4-8(7)6-10/h1-3,8H,4-6,11H2,(H,12,13). The lowest BCUT2D eigenvalue weighted by atomic mass is 9.94. The molecule has 0 saturated heterocycles. The summed E-state index contributed by atoms with van der Waals surface area (Å²) in [7, 11) is 0. The number of hydrogen-bond acceptors (Lipinski definition) is 2. The van der Waals surface area contributed by atoms with Gasteiger partial charge < -0.3 is 10.8 Å². The maximum absolute atomic E-state index is 10.9. The largest absolute Gasteiger partial charge is 0.480 e. The maximum atomic E-state index is 10.9. The Bertz CT molecular complexity index is 306. The Labute approximate surface area is 76.9 Å². The molecule has 2 rings (SSSR count). The molecule has 0 aliphatic heterocycles. The van der Waals surface area contributed by atoms with E-state index < -0.39 is 11.5 Å². The third-order valence-corrected chi connectivity index (χ3v) is 2.95. The number of aliphatic carboxylic acids is 1. The summed E-state index contributed by atoms with van der Waals surface area (Å²) in [5.41, 5.74) is 5.98. The van der Waals surface area contributed by atoms with Crippen molar-refractivity contribution in [3.63, 3.8) is 0 Å². The van der Waals surface area contributed by atoms with Gasteiger partial charge in [-0.15, -0.1) is 0 Å². The van der Waals surface area contributed by atoms with Crippen LogP contribution < -0.4 is 5.73 Å². The van der Waals surface area contributed by atoms with Crippen molar-refractivity contribution in [3.05, 3.63) is 23.8 Å². The van der Waals surface area contributed by atoms with E-state index in [1.165, 1.54) is 5.57 Å². The van der Waals surface area contributed by atoms with Gasteiger partial charge in [0.05, 0.1) is 0 Å². The van der Waals surface area contributed by atoms with Crippen molar-refractivity contribution in [1.82, 2.24) is 0 Å². The van der Waals surface area contributed by atoms with Gasteiger partial charge in [-0.05, 0) is 25.2 Å². The second-order valence-corrected chi connectivity index (χ2v) is 3.94. The van der Waals surface area contributed by atoms with E-state index in [1.54, 1.807) is 0 Å². The van der Waals surface area contributed by atoms with Gasteiger partial charge in [0, 0.05) is 0 Å². The quantitative estimate of drug-likeness (QED) is 0.632. The zero-order valence-corrected chi connectivity index (χ0v) is 7.36. The van der Waals surface area contributed by atoms with Gasteiger partial charge in [-0.3, -0.25) is 4.79 Å². The van der Waals surface area contributed by atoms with Crippen molar-refractivity contribution >= 4 is 5.97 Å². The lowest BCUT2D eigenvalue weighted by molar-refractivity contribution is -0.143. The van der Waals surface area contributed by atoms with E-state index in [9.17, 15) is 4.79 Å². The van der Waals surface area contributed by atoms with Crippen LogP contribution in [0.2, 0.25) is 0 Å². The summed E-state index contributed by atoms with van der Waals surface area (Å²) in [6.07, 6.45) is 8.10. The van der Waals surface area contributed by atoms with Crippen molar-refractivity contribution in [3.8, 4) is 0 Å². The molecule has 2 unspecified atom stereocenters. The summed E-state index contributed by atoms with van der Waals surface area (Å²) in [5, 5.41) is 8.95. The molecular formula is C10H13NO2. The minimum absolute atomic E-state index is 0.367. The van der Waals surface area contributed by atoms with Gasteiger partial charge in [0.15, 0.2) is 0 Å². The highest BCUT2D eigenvalue weighted by atomic mass is 16.4. The van der Waals surface area contributed by atoms with Crippen LogP contribution >= 0.6 is 0 Å². The Hall–Kier alpha value is -1.09. The van der Waals surface area contributed by atoms with Crippen LogP contribution in [-0.4, -0.2) is 16.6 Å². The second kappa shape index (κ2) is 2.70. The van der Waals surface area contributed by atoms with E-state index in [4.69, 9.17) is 10.8 Å². The first-order valence-corrected chi connectivity index (χ1v) is 4.50. The Morgan fingerprint density at radius 2 is 2.46 bits per heavy atom. The Morgan fingerprint density at radius 3 is 3.08 bits per heavy atom. The topological polar surface area (TPSA) is 63.3 Å². The van der Waals surface area contributed by atoms with Gasteiger partial charge in [0.25, 0.3) is 0 Å². The van der Waals surface area contributed by atoms with Gasteiger partial charge in [0.2, 0.25) is 0 Å². The Balaban J connectivity index is 2.23. The van der Waals surface area contributed by atoms with Crippen LogP contribution in [0.15, 0.2) is 23.8 Å². The second-order valence-electron chi connectivity index (χ2n) is 3.94. The predicted octanol–water partition coefficient (Wildman–Crippen LogP) is 1.06. The number of hydrogen-bond donors (Lipinski definition) is 2. The van der Waals surface area contributed by atoms with Gasteiger partial charge in [-0.25, -0.2) is 0 Å². The number of fused-ring (bicyclic) bond motifs is 1. The van der Waals surface area contributed by atoms with Crippen molar-refractivity contribution in [2.45, 2.75) is 24.8 Å². The zero-order chi connectivity index (χ0) is 9.47. The van der Waals surface area contributed by atoms with E-state index in [-0.39, 0.29) is 0 Å². The fourth-order valence-electron chi connectivity index (χ4n) is 2.18. The normalized spacial score (nSPS) is 37.0. The fraction of sp³-hybridized carbons (Fsp3) is 0.500. The molecule has 0 bridgehead atoms. The lowest BCUT2D eigenvalue weighted by Crippen LogP contribution is -2.45. The van der Waals surface area contributed by atoms with Crippen LogP contribution in [0.1, 0.15) is 19.3 Å². The minimum atomic E-state index is -1.01. The van der Waals surface area contributed by atoms with Crippen LogP contribution in [0.4, 0.5) is 0 Å². The molecule has 0 aromatic heterocycles. The van der Waals surface area contributed by atoms with E-state index in [1.807, 2.05) is 12.2 Å². The molecule has 3 N–H and O–H groups in total. The van der Waals surface area contributed by atoms with Crippen molar-refractivity contribution in [2.75, 3.05) is 0 Å². The summed E-state index contributed by atoms with van der Waals surface area (Å²) in [6, 6.07) is 0. The molecule has 1 saturated carbocycles. The molecular weight excluding hydrogens is 166 g/mol. The Kier molecular flexibility index (Phi) is 1.77. The van der Waals surface area contributed by atoms with Crippen molar-refractivity contribution in [2.24, 2.45) is 11.7 Å². The number of nitrogens with two attached hydrogens (primary N) is 1. The third-order valence-electron chi connectivity index (χ3n) is 2.95. The van der Waals surface area contributed by atoms with Crippen molar-refractivity contribution in [1.29, 1.82) is 0 Å². The molecule has 0 amide bonds. The zero-order valence-electron chi connectivity index (χ0n) is 7.36. The van der Waals surface area contributed by atoms with Crippen LogP contribution in [0, 0.1) is 5.92 Å². The molecule has 2 aliphatic rings. The summed E-state index contributed by atoms with van der Waals surface area (Å²) in [6.45, 7) is 0. The first-order chi connectivity index (χ1) is 6.12. The molecule has 2 aliphatic carbocycles. The molecule has 70 valence electrons. The van der Waals surface area contributed by atoms with Gasteiger partial charge >= 0.3 is 5.97 Å². The molecule has 0 spiro atoms. The first-order valence-electron chi connectivity index (χ1n) is 4.50. The molecule has 3 nitrogen and oxygen atoms in total. The van der Waals surface area contributed by atoms with Crippen LogP contribution in [-0.2, 0) is 4.79 Å². The SMILES string of the molecule is NC1(C(=O)O)CC2=CC=CCC2C1. The van der Waals surface area contributed by atoms with Gasteiger partial charge in [0.1, 0.15) is 5.54 Å². The molecule has 3 heteroatoms. The number of rotatable bonds is 1. The molecule has 1 fully saturated rings. The lowest BCUT2D eigenvalue weighted by Gasteiger charge is -2.17. The Morgan fingerprint density at radius 1 is 1.69 bits per heavy atom.